The molecule has 0 bridgehead atoms. The molecule has 1 aliphatic heterocycles. The van der Waals surface area contributed by atoms with E-state index < -0.39 is 0 Å². The van der Waals surface area contributed by atoms with E-state index in [4.69, 9.17) is 0 Å². The summed E-state index contributed by atoms with van der Waals surface area (Å²) >= 11 is 0. The molecule has 1 aliphatic rings. The van der Waals surface area contributed by atoms with Crippen LogP contribution in [0.4, 0.5) is 5.69 Å². The monoisotopic (exact) mass is 331 g/mol. The standard InChI is InChI=1S/C22H21NO2/c1-15-6-8-16(9-7-15)14-18-12-13-23(22(18)25)21-19-5-3-2-4-17(19)10-11-20(21)24/h2-11,18,24H,12-14H2,1H3. The van der Waals surface area contributed by atoms with Gasteiger partial charge in [-0.15, -0.1) is 0 Å². The summed E-state index contributed by atoms with van der Waals surface area (Å²) in [6, 6.07) is 19.8. The van der Waals surface area contributed by atoms with Crippen LogP contribution in [0.1, 0.15) is 17.5 Å². The van der Waals surface area contributed by atoms with Crippen LogP contribution in [-0.4, -0.2) is 17.6 Å². The van der Waals surface area contributed by atoms with Gasteiger partial charge in [0, 0.05) is 17.8 Å². The summed E-state index contributed by atoms with van der Waals surface area (Å²) in [6.45, 7) is 2.71. The van der Waals surface area contributed by atoms with Crippen molar-refractivity contribution in [1.29, 1.82) is 0 Å². The summed E-state index contributed by atoms with van der Waals surface area (Å²) in [4.78, 5) is 14.7. The number of carbonyl (C=O) groups is 1. The zero-order valence-corrected chi connectivity index (χ0v) is 14.3. The molecule has 0 saturated carbocycles. The molecule has 1 atom stereocenters. The van der Waals surface area contributed by atoms with Crippen molar-refractivity contribution < 1.29 is 9.90 Å². The van der Waals surface area contributed by atoms with Crippen LogP contribution in [0.15, 0.2) is 60.7 Å². The highest BCUT2D eigenvalue weighted by Crippen LogP contribution is 2.39. The van der Waals surface area contributed by atoms with Gasteiger partial charge < -0.3 is 10.0 Å². The summed E-state index contributed by atoms with van der Waals surface area (Å²) in [7, 11) is 0. The van der Waals surface area contributed by atoms with Gasteiger partial charge in [0.05, 0.1) is 5.69 Å². The quantitative estimate of drug-likeness (QED) is 0.770. The molecule has 0 spiro atoms. The van der Waals surface area contributed by atoms with E-state index in [1.54, 1.807) is 11.0 Å². The SMILES string of the molecule is Cc1ccc(CC2CCN(c3c(O)ccc4ccccc34)C2=O)cc1. The summed E-state index contributed by atoms with van der Waals surface area (Å²) in [5.74, 6) is 0.247. The van der Waals surface area contributed by atoms with Gasteiger partial charge in [-0.2, -0.15) is 0 Å². The molecule has 3 nitrogen and oxygen atoms in total. The van der Waals surface area contributed by atoms with Crippen molar-refractivity contribution in [3.63, 3.8) is 0 Å². The molecule has 1 unspecified atom stereocenters. The number of benzene rings is 3. The third kappa shape index (κ3) is 2.86. The molecule has 3 aromatic rings. The van der Waals surface area contributed by atoms with E-state index in [-0.39, 0.29) is 17.6 Å². The first-order chi connectivity index (χ1) is 12.1. The van der Waals surface area contributed by atoms with Gasteiger partial charge in [-0.25, -0.2) is 0 Å². The van der Waals surface area contributed by atoms with Crippen LogP contribution in [0.3, 0.4) is 0 Å². The Balaban J connectivity index is 1.64. The Bertz CT molecular complexity index is 930. The predicted octanol–water partition coefficient (Wildman–Crippen LogP) is 4.45. The van der Waals surface area contributed by atoms with Gasteiger partial charge >= 0.3 is 0 Å². The Kier molecular flexibility index (Phi) is 3.92. The minimum atomic E-state index is -0.0268. The number of phenols is 1. The second kappa shape index (κ2) is 6.25. The van der Waals surface area contributed by atoms with E-state index in [0.717, 1.165) is 23.6 Å². The van der Waals surface area contributed by atoms with E-state index >= 15 is 0 Å². The van der Waals surface area contributed by atoms with Crippen LogP contribution in [0.25, 0.3) is 10.8 Å². The van der Waals surface area contributed by atoms with E-state index in [2.05, 4.69) is 31.2 Å². The molecule has 3 heteroatoms. The summed E-state index contributed by atoms with van der Waals surface area (Å²) < 4.78 is 0. The average molecular weight is 331 g/mol. The number of carbonyl (C=O) groups excluding carboxylic acids is 1. The lowest BCUT2D eigenvalue weighted by Gasteiger charge is -2.20. The Morgan fingerprint density at radius 1 is 1.04 bits per heavy atom. The Morgan fingerprint density at radius 2 is 1.80 bits per heavy atom. The number of aromatic hydroxyl groups is 1. The van der Waals surface area contributed by atoms with Gasteiger partial charge in [0.15, 0.2) is 0 Å². The lowest BCUT2D eigenvalue weighted by atomic mass is 9.97. The molecule has 4 rings (SSSR count). The molecule has 1 fully saturated rings. The fraction of sp³-hybridized carbons (Fsp3) is 0.227. The van der Waals surface area contributed by atoms with Crippen molar-refractivity contribution in [2.24, 2.45) is 5.92 Å². The highest BCUT2D eigenvalue weighted by atomic mass is 16.3. The van der Waals surface area contributed by atoms with Crippen molar-refractivity contribution in [3.05, 3.63) is 71.8 Å². The Hall–Kier alpha value is -2.81. The van der Waals surface area contributed by atoms with Crippen LogP contribution in [0.2, 0.25) is 0 Å². The number of hydrogen-bond donors (Lipinski definition) is 1. The van der Waals surface area contributed by atoms with Crippen molar-refractivity contribution in [3.8, 4) is 5.75 Å². The van der Waals surface area contributed by atoms with Crippen LogP contribution >= 0.6 is 0 Å². The maximum absolute atomic E-state index is 13.0. The fourth-order valence-electron chi connectivity index (χ4n) is 3.69. The molecule has 3 aromatic carbocycles. The number of rotatable bonds is 3. The normalized spacial score (nSPS) is 17.4. The number of anilines is 1. The Morgan fingerprint density at radius 3 is 2.60 bits per heavy atom. The fourth-order valence-corrected chi connectivity index (χ4v) is 3.69. The topological polar surface area (TPSA) is 40.5 Å². The summed E-state index contributed by atoms with van der Waals surface area (Å²) in [6.07, 6.45) is 1.57. The second-order valence-electron chi connectivity index (χ2n) is 6.82. The second-order valence-corrected chi connectivity index (χ2v) is 6.82. The first-order valence-corrected chi connectivity index (χ1v) is 8.71. The molecule has 0 aromatic heterocycles. The molecule has 126 valence electrons. The van der Waals surface area contributed by atoms with Crippen LogP contribution in [-0.2, 0) is 11.2 Å². The lowest BCUT2D eigenvalue weighted by molar-refractivity contribution is -0.120. The van der Waals surface area contributed by atoms with Crippen LogP contribution in [0, 0.1) is 12.8 Å². The summed E-state index contributed by atoms with van der Waals surface area (Å²) in [5.41, 5.74) is 3.06. The maximum Gasteiger partial charge on any atom is 0.230 e. The number of fused-ring (bicyclic) bond motifs is 1. The molecule has 25 heavy (non-hydrogen) atoms. The molecular weight excluding hydrogens is 310 g/mol. The molecule has 1 amide bonds. The van der Waals surface area contributed by atoms with Crippen molar-refractivity contribution in [2.75, 3.05) is 11.4 Å². The third-order valence-corrected chi connectivity index (χ3v) is 5.07. The highest BCUT2D eigenvalue weighted by molar-refractivity contribution is 6.07. The van der Waals surface area contributed by atoms with Crippen molar-refractivity contribution in [1.82, 2.24) is 0 Å². The highest BCUT2D eigenvalue weighted by Gasteiger charge is 2.34. The Labute approximate surface area is 147 Å². The van der Waals surface area contributed by atoms with E-state index in [1.807, 2.05) is 30.3 Å². The molecule has 1 N–H and O–H groups in total. The van der Waals surface area contributed by atoms with Gasteiger partial charge in [-0.05, 0) is 36.8 Å². The number of phenolic OH excluding ortho intramolecular Hbond substituents is 1. The maximum atomic E-state index is 13.0. The van der Waals surface area contributed by atoms with Gasteiger partial charge in [0.25, 0.3) is 0 Å². The van der Waals surface area contributed by atoms with Crippen LogP contribution in [0.5, 0.6) is 5.75 Å². The number of nitrogens with zero attached hydrogens (tertiary/aromatic N) is 1. The van der Waals surface area contributed by atoms with Gasteiger partial charge in [0.2, 0.25) is 5.91 Å². The molecular formula is C22H21NO2. The number of amides is 1. The largest absolute Gasteiger partial charge is 0.506 e. The molecule has 0 aliphatic carbocycles. The zero-order valence-electron chi connectivity index (χ0n) is 14.3. The minimum Gasteiger partial charge on any atom is -0.506 e. The predicted molar refractivity (Wildman–Crippen MR) is 101 cm³/mol. The molecule has 1 heterocycles. The molecule has 0 radical (unpaired) electrons. The van der Waals surface area contributed by atoms with Crippen LogP contribution < -0.4 is 4.90 Å². The first kappa shape index (κ1) is 15.7. The smallest absolute Gasteiger partial charge is 0.230 e. The minimum absolute atomic E-state index is 0.0268. The molecule has 1 saturated heterocycles. The average Bonchev–Trinajstić information content (AvgIpc) is 2.97. The number of hydrogen-bond acceptors (Lipinski definition) is 2. The van der Waals surface area contributed by atoms with Gasteiger partial charge in [-0.1, -0.05) is 60.2 Å². The van der Waals surface area contributed by atoms with E-state index in [1.165, 1.54) is 11.1 Å². The first-order valence-electron chi connectivity index (χ1n) is 8.71. The van der Waals surface area contributed by atoms with Crippen molar-refractivity contribution >= 4 is 22.4 Å². The number of aryl methyl sites for hydroxylation is 1. The lowest BCUT2D eigenvalue weighted by Crippen LogP contribution is -2.28. The zero-order chi connectivity index (χ0) is 17.4. The van der Waals surface area contributed by atoms with Gasteiger partial charge in [-0.3, -0.25) is 4.79 Å². The van der Waals surface area contributed by atoms with Crippen molar-refractivity contribution in [2.45, 2.75) is 19.8 Å². The van der Waals surface area contributed by atoms with Gasteiger partial charge in [0.1, 0.15) is 5.75 Å². The van der Waals surface area contributed by atoms with E-state index in [0.29, 0.717) is 12.2 Å². The third-order valence-electron chi connectivity index (χ3n) is 5.07. The van der Waals surface area contributed by atoms with E-state index in [9.17, 15) is 9.90 Å². The summed E-state index contributed by atoms with van der Waals surface area (Å²) in [5, 5.41) is 12.4.